The van der Waals surface area contributed by atoms with Crippen molar-refractivity contribution in [2.75, 3.05) is 13.6 Å². The van der Waals surface area contributed by atoms with Gasteiger partial charge in [0.2, 0.25) is 10.0 Å². The summed E-state index contributed by atoms with van der Waals surface area (Å²) in [5, 5.41) is 0.814. The third-order valence-electron chi connectivity index (χ3n) is 3.87. The van der Waals surface area contributed by atoms with E-state index in [1.54, 1.807) is 45.2 Å². The van der Waals surface area contributed by atoms with E-state index >= 15 is 0 Å². The molecule has 0 aliphatic heterocycles. The summed E-state index contributed by atoms with van der Waals surface area (Å²) < 4.78 is 26.8. The topological polar surface area (TPSA) is 66.5 Å². The third-order valence-corrected chi connectivity index (χ3v) is 6.27. The Kier molecular flexibility index (Phi) is 6.69. The van der Waals surface area contributed by atoms with E-state index in [2.05, 4.69) is 4.72 Å². The lowest BCUT2D eigenvalue weighted by Gasteiger charge is -2.20. The van der Waals surface area contributed by atoms with Crippen LogP contribution in [-0.2, 0) is 16.6 Å². The fraction of sp³-hybridized carbons (Fsp3) is 0.278. The summed E-state index contributed by atoms with van der Waals surface area (Å²) in [6, 6.07) is 9.73. The molecule has 5 nitrogen and oxygen atoms in total. The molecule has 140 valence electrons. The van der Waals surface area contributed by atoms with Crippen molar-refractivity contribution in [1.82, 2.24) is 9.62 Å². The number of rotatable bonds is 6. The average Bonchev–Trinajstić information content (AvgIpc) is 2.58. The molecule has 0 spiro atoms. The van der Waals surface area contributed by atoms with Gasteiger partial charge in [-0.3, -0.25) is 4.79 Å². The maximum absolute atomic E-state index is 12.8. The highest BCUT2D eigenvalue weighted by molar-refractivity contribution is 7.89. The molecule has 1 N–H and O–H groups in total. The summed E-state index contributed by atoms with van der Waals surface area (Å²) in [5.74, 6) is -0.299. The van der Waals surface area contributed by atoms with E-state index in [0.717, 1.165) is 0 Å². The number of amides is 1. The molecule has 0 unspecified atom stereocenters. The Bertz CT molecular complexity index is 930. The molecule has 0 aliphatic carbocycles. The molecule has 0 fully saturated rings. The second kappa shape index (κ2) is 8.39. The first-order valence-corrected chi connectivity index (χ1v) is 10.2. The van der Waals surface area contributed by atoms with Gasteiger partial charge in [0.1, 0.15) is 0 Å². The molecule has 0 aromatic heterocycles. The first kappa shape index (κ1) is 20.7. The molecule has 2 aromatic rings. The number of nitrogens with one attached hydrogen (secondary N) is 1. The molecule has 0 bridgehead atoms. The molecule has 8 heteroatoms. The van der Waals surface area contributed by atoms with E-state index in [9.17, 15) is 13.2 Å². The Balaban J connectivity index is 2.32. The van der Waals surface area contributed by atoms with Crippen LogP contribution in [0.2, 0.25) is 10.0 Å². The SMILES string of the molecule is CCNS(=O)(=O)c1ccc(C)c(C(=O)N(C)Cc2cccc(Cl)c2Cl)c1. The third kappa shape index (κ3) is 4.57. The summed E-state index contributed by atoms with van der Waals surface area (Å²) in [5.41, 5.74) is 1.73. The van der Waals surface area contributed by atoms with Crippen molar-refractivity contribution < 1.29 is 13.2 Å². The van der Waals surface area contributed by atoms with Gasteiger partial charge in [-0.05, 0) is 36.2 Å². The van der Waals surface area contributed by atoms with Crippen LogP contribution in [0.3, 0.4) is 0 Å². The Labute approximate surface area is 164 Å². The van der Waals surface area contributed by atoms with Crippen LogP contribution in [0.15, 0.2) is 41.3 Å². The number of halogens is 2. The molecule has 2 aromatic carbocycles. The lowest BCUT2D eigenvalue weighted by Crippen LogP contribution is -2.28. The van der Waals surface area contributed by atoms with Crippen molar-refractivity contribution >= 4 is 39.1 Å². The fourth-order valence-corrected chi connectivity index (χ4v) is 3.92. The maximum atomic E-state index is 12.8. The molecule has 26 heavy (non-hydrogen) atoms. The summed E-state index contributed by atoms with van der Waals surface area (Å²) in [6.07, 6.45) is 0. The number of carbonyl (C=O) groups is 1. The van der Waals surface area contributed by atoms with E-state index in [1.165, 1.54) is 17.0 Å². The first-order valence-electron chi connectivity index (χ1n) is 7.96. The zero-order chi connectivity index (χ0) is 19.5. The van der Waals surface area contributed by atoms with Gasteiger partial charge in [-0.2, -0.15) is 0 Å². The largest absolute Gasteiger partial charge is 0.337 e. The van der Waals surface area contributed by atoms with Crippen molar-refractivity contribution in [3.05, 3.63) is 63.1 Å². The molecule has 2 rings (SSSR count). The van der Waals surface area contributed by atoms with Crippen LogP contribution in [0.5, 0.6) is 0 Å². The standard InChI is InChI=1S/C18H20Cl2N2O3S/c1-4-21-26(24,25)14-9-8-12(2)15(10-14)18(23)22(3)11-13-6-5-7-16(19)17(13)20/h5-10,21H,4,11H2,1-3H3. The molecule has 0 radical (unpaired) electrons. The highest BCUT2D eigenvalue weighted by Crippen LogP contribution is 2.27. The summed E-state index contributed by atoms with van der Waals surface area (Å²) in [4.78, 5) is 14.4. The van der Waals surface area contributed by atoms with E-state index in [-0.39, 0.29) is 23.9 Å². The first-order chi connectivity index (χ1) is 12.2. The van der Waals surface area contributed by atoms with Gasteiger partial charge >= 0.3 is 0 Å². The number of aryl methyl sites for hydroxylation is 1. The molecular formula is C18H20Cl2N2O3S. The van der Waals surface area contributed by atoms with Crippen molar-refractivity contribution in [3.63, 3.8) is 0 Å². The fourth-order valence-electron chi connectivity index (χ4n) is 2.48. The minimum absolute atomic E-state index is 0.0579. The van der Waals surface area contributed by atoms with Crippen LogP contribution in [0.4, 0.5) is 0 Å². The van der Waals surface area contributed by atoms with Gasteiger partial charge in [0.05, 0.1) is 14.9 Å². The molecule has 0 saturated carbocycles. The van der Waals surface area contributed by atoms with Crippen LogP contribution >= 0.6 is 23.2 Å². The lowest BCUT2D eigenvalue weighted by molar-refractivity contribution is 0.0784. The monoisotopic (exact) mass is 414 g/mol. The normalized spacial score (nSPS) is 11.4. The van der Waals surface area contributed by atoms with E-state index in [4.69, 9.17) is 23.2 Å². The minimum Gasteiger partial charge on any atom is -0.337 e. The molecule has 1 amide bonds. The number of nitrogens with zero attached hydrogens (tertiary/aromatic N) is 1. The predicted molar refractivity (Wildman–Crippen MR) is 104 cm³/mol. The molecule has 0 saturated heterocycles. The van der Waals surface area contributed by atoms with Crippen LogP contribution in [-0.4, -0.2) is 32.8 Å². The smallest absolute Gasteiger partial charge is 0.254 e. The Morgan fingerprint density at radius 1 is 1.19 bits per heavy atom. The zero-order valence-corrected chi connectivity index (χ0v) is 17.0. The average molecular weight is 415 g/mol. The van der Waals surface area contributed by atoms with Crippen molar-refractivity contribution in [2.24, 2.45) is 0 Å². The number of carbonyl (C=O) groups excluding carboxylic acids is 1. The molecule has 0 heterocycles. The van der Waals surface area contributed by atoms with Gasteiger partial charge in [-0.1, -0.05) is 48.3 Å². The maximum Gasteiger partial charge on any atom is 0.254 e. The highest BCUT2D eigenvalue weighted by Gasteiger charge is 2.20. The van der Waals surface area contributed by atoms with E-state index in [0.29, 0.717) is 26.7 Å². The van der Waals surface area contributed by atoms with Gasteiger partial charge in [0.25, 0.3) is 5.91 Å². The van der Waals surface area contributed by atoms with Crippen molar-refractivity contribution in [2.45, 2.75) is 25.3 Å². The summed E-state index contributed by atoms with van der Waals surface area (Å²) >= 11 is 12.2. The lowest BCUT2D eigenvalue weighted by atomic mass is 10.1. The zero-order valence-electron chi connectivity index (χ0n) is 14.7. The predicted octanol–water partition coefficient (Wildman–Crippen LogP) is 3.87. The van der Waals surface area contributed by atoms with Crippen LogP contribution in [0.1, 0.15) is 28.4 Å². The summed E-state index contributed by atoms with van der Waals surface area (Å²) in [6.45, 7) is 3.98. The Hall–Kier alpha value is -1.60. The van der Waals surface area contributed by atoms with Gasteiger partial charge in [-0.25, -0.2) is 13.1 Å². The number of sulfonamides is 1. The van der Waals surface area contributed by atoms with Crippen LogP contribution < -0.4 is 4.72 Å². The Morgan fingerprint density at radius 3 is 2.54 bits per heavy atom. The number of hydrogen-bond acceptors (Lipinski definition) is 3. The van der Waals surface area contributed by atoms with Gasteiger partial charge in [-0.15, -0.1) is 0 Å². The van der Waals surface area contributed by atoms with Crippen LogP contribution in [0.25, 0.3) is 0 Å². The van der Waals surface area contributed by atoms with Gasteiger partial charge in [0.15, 0.2) is 0 Å². The second-order valence-corrected chi connectivity index (χ2v) is 8.40. The minimum atomic E-state index is -3.64. The van der Waals surface area contributed by atoms with Gasteiger partial charge in [0, 0.05) is 25.7 Å². The van der Waals surface area contributed by atoms with Gasteiger partial charge < -0.3 is 4.90 Å². The van der Waals surface area contributed by atoms with E-state index in [1.807, 2.05) is 0 Å². The second-order valence-electron chi connectivity index (χ2n) is 5.85. The van der Waals surface area contributed by atoms with E-state index < -0.39 is 10.0 Å². The molecular weight excluding hydrogens is 395 g/mol. The molecule has 0 aliphatic rings. The highest BCUT2D eigenvalue weighted by atomic mass is 35.5. The Morgan fingerprint density at radius 2 is 1.88 bits per heavy atom. The van der Waals surface area contributed by atoms with Crippen LogP contribution in [0, 0.1) is 6.92 Å². The quantitative estimate of drug-likeness (QED) is 0.779. The van der Waals surface area contributed by atoms with Crippen molar-refractivity contribution in [1.29, 1.82) is 0 Å². The van der Waals surface area contributed by atoms with Crippen molar-refractivity contribution in [3.8, 4) is 0 Å². The number of benzene rings is 2. The summed E-state index contributed by atoms with van der Waals surface area (Å²) in [7, 11) is -2.01. The number of hydrogen-bond donors (Lipinski definition) is 1. The molecule has 0 atom stereocenters.